The van der Waals surface area contributed by atoms with Crippen LogP contribution in [0.3, 0.4) is 0 Å². The van der Waals surface area contributed by atoms with E-state index < -0.39 is 5.82 Å². The number of guanidine groups is 1. The molecule has 0 bridgehead atoms. The highest BCUT2D eigenvalue weighted by molar-refractivity contribution is 5.79. The van der Waals surface area contributed by atoms with E-state index in [0.717, 1.165) is 18.5 Å². The van der Waals surface area contributed by atoms with Crippen LogP contribution in [0.15, 0.2) is 34.8 Å². The number of benzene rings is 1. The Bertz CT molecular complexity index is 555. The number of aromatic hydroxyl groups is 1. The molecule has 1 aromatic carbocycles. The summed E-state index contributed by atoms with van der Waals surface area (Å²) in [6.07, 6.45) is 8.40. The molecule has 0 unspecified atom stereocenters. The van der Waals surface area contributed by atoms with Crippen LogP contribution in [0.4, 0.5) is 4.39 Å². The van der Waals surface area contributed by atoms with Crippen LogP contribution in [0.1, 0.15) is 37.7 Å². The van der Waals surface area contributed by atoms with Crippen molar-refractivity contribution in [3.8, 4) is 5.75 Å². The Morgan fingerprint density at radius 1 is 1.32 bits per heavy atom. The van der Waals surface area contributed by atoms with E-state index in [1.165, 1.54) is 43.4 Å². The Balaban J connectivity index is 1.75. The molecule has 1 aliphatic carbocycles. The molecule has 1 aromatic rings. The highest BCUT2D eigenvalue weighted by atomic mass is 19.1. The van der Waals surface area contributed by atoms with Crippen molar-refractivity contribution < 1.29 is 9.50 Å². The van der Waals surface area contributed by atoms with Crippen LogP contribution in [-0.4, -0.2) is 24.7 Å². The van der Waals surface area contributed by atoms with Crippen LogP contribution in [0, 0.1) is 5.82 Å². The Morgan fingerprint density at radius 2 is 2.18 bits per heavy atom. The van der Waals surface area contributed by atoms with Gasteiger partial charge in [-0.2, -0.15) is 0 Å². The largest absolute Gasteiger partial charge is 0.505 e. The van der Waals surface area contributed by atoms with Crippen LogP contribution in [-0.2, 0) is 6.54 Å². The fourth-order valence-corrected chi connectivity index (χ4v) is 2.54. The van der Waals surface area contributed by atoms with E-state index in [9.17, 15) is 9.50 Å². The van der Waals surface area contributed by atoms with Crippen molar-refractivity contribution >= 4 is 5.96 Å². The van der Waals surface area contributed by atoms with Crippen LogP contribution in [0.5, 0.6) is 5.75 Å². The SMILES string of the molecule is CN=C(NCCC1=CCCCC1)NCc1ccc(O)c(F)c1. The van der Waals surface area contributed by atoms with Gasteiger partial charge in [-0.1, -0.05) is 17.7 Å². The number of rotatable bonds is 5. The summed E-state index contributed by atoms with van der Waals surface area (Å²) in [7, 11) is 1.71. The first-order valence-electron chi connectivity index (χ1n) is 7.79. The predicted octanol–water partition coefficient (Wildman–Crippen LogP) is 3.09. The first-order chi connectivity index (χ1) is 10.7. The third-order valence-electron chi connectivity index (χ3n) is 3.82. The first kappa shape index (κ1) is 16.3. The molecule has 3 N–H and O–H groups in total. The molecule has 0 fully saturated rings. The Labute approximate surface area is 131 Å². The number of hydrogen-bond donors (Lipinski definition) is 3. The molecule has 4 nitrogen and oxygen atoms in total. The summed E-state index contributed by atoms with van der Waals surface area (Å²) < 4.78 is 13.3. The monoisotopic (exact) mass is 305 g/mol. The molecule has 0 radical (unpaired) electrons. The average Bonchev–Trinajstić information content (AvgIpc) is 2.55. The Kier molecular flexibility index (Phi) is 6.25. The van der Waals surface area contributed by atoms with E-state index in [4.69, 9.17) is 0 Å². The van der Waals surface area contributed by atoms with Crippen molar-refractivity contribution in [2.24, 2.45) is 4.99 Å². The number of phenolic OH excluding ortho intramolecular Hbond substituents is 1. The quantitative estimate of drug-likeness (QED) is 0.445. The molecule has 22 heavy (non-hydrogen) atoms. The third-order valence-corrected chi connectivity index (χ3v) is 3.82. The van der Waals surface area contributed by atoms with Crippen LogP contribution in [0.25, 0.3) is 0 Å². The normalized spacial score (nSPS) is 15.4. The molecular weight excluding hydrogens is 281 g/mol. The third kappa shape index (κ3) is 5.06. The number of phenols is 1. The van der Waals surface area contributed by atoms with Gasteiger partial charge in [0, 0.05) is 20.1 Å². The molecule has 2 rings (SSSR count). The van der Waals surface area contributed by atoms with Gasteiger partial charge >= 0.3 is 0 Å². The van der Waals surface area contributed by atoms with E-state index in [1.807, 2.05) is 0 Å². The molecule has 0 heterocycles. The molecule has 0 spiro atoms. The highest BCUT2D eigenvalue weighted by Gasteiger charge is 2.05. The van der Waals surface area contributed by atoms with E-state index in [2.05, 4.69) is 21.7 Å². The van der Waals surface area contributed by atoms with Crippen LogP contribution >= 0.6 is 0 Å². The predicted molar refractivity (Wildman–Crippen MR) is 87.4 cm³/mol. The topological polar surface area (TPSA) is 56.7 Å². The summed E-state index contributed by atoms with van der Waals surface area (Å²) in [5, 5.41) is 15.6. The van der Waals surface area contributed by atoms with Gasteiger partial charge < -0.3 is 15.7 Å². The van der Waals surface area contributed by atoms with Gasteiger partial charge in [0.1, 0.15) is 0 Å². The molecule has 0 saturated carbocycles. The summed E-state index contributed by atoms with van der Waals surface area (Å²) in [5.74, 6) is -0.233. The van der Waals surface area contributed by atoms with E-state index >= 15 is 0 Å². The van der Waals surface area contributed by atoms with Gasteiger partial charge in [-0.25, -0.2) is 4.39 Å². The van der Waals surface area contributed by atoms with Crippen molar-refractivity contribution in [3.05, 3.63) is 41.2 Å². The van der Waals surface area contributed by atoms with Crippen molar-refractivity contribution in [2.45, 2.75) is 38.6 Å². The average molecular weight is 305 g/mol. The molecule has 0 atom stereocenters. The summed E-state index contributed by atoms with van der Waals surface area (Å²) in [6.45, 7) is 1.30. The van der Waals surface area contributed by atoms with Gasteiger partial charge in [-0.15, -0.1) is 0 Å². The van der Waals surface area contributed by atoms with Gasteiger partial charge in [-0.05, 0) is 49.8 Å². The zero-order valence-corrected chi connectivity index (χ0v) is 13.0. The maximum Gasteiger partial charge on any atom is 0.191 e. The molecular formula is C17H24FN3O. The van der Waals surface area contributed by atoms with Gasteiger partial charge in [-0.3, -0.25) is 4.99 Å². The molecule has 0 saturated heterocycles. The lowest BCUT2D eigenvalue weighted by Gasteiger charge is -2.15. The van der Waals surface area contributed by atoms with Gasteiger partial charge in [0.15, 0.2) is 17.5 Å². The van der Waals surface area contributed by atoms with Gasteiger partial charge in [0.05, 0.1) is 0 Å². The van der Waals surface area contributed by atoms with Crippen molar-refractivity contribution in [1.82, 2.24) is 10.6 Å². The molecule has 0 aliphatic heterocycles. The van der Waals surface area contributed by atoms with Crippen molar-refractivity contribution in [3.63, 3.8) is 0 Å². The summed E-state index contributed by atoms with van der Waals surface area (Å²) in [6, 6.07) is 4.37. The van der Waals surface area contributed by atoms with E-state index in [0.29, 0.717) is 12.5 Å². The maximum absolute atomic E-state index is 13.3. The summed E-state index contributed by atoms with van der Waals surface area (Å²) in [5.41, 5.74) is 2.28. The number of hydrogen-bond acceptors (Lipinski definition) is 2. The number of allylic oxidation sites excluding steroid dienone is 1. The van der Waals surface area contributed by atoms with Crippen LogP contribution < -0.4 is 10.6 Å². The number of nitrogens with zero attached hydrogens (tertiary/aromatic N) is 1. The first-order valence-corrected chi connectivity index (χ1v) is 7.79. The fraction of sp³-hybridized carbons (Fsp3) is 0.471. The minimum atomic E-state index is -0.605. The lowest BCUT2D eigenvalue weighted by atomic mass is 9.97. The number of halogens is 1. The van der Waals surface area contributed by atoms with Gasteiger partial charge in [0.25, 0.3) is 0 Å². The Hall–Kier alpha value is -2.04. The zero-order chi connectivity index (χ0) is 15.8. The van der Waals surface area contributed by atoms with Crippen molar-refractivity contribution in [2.75, 3.05) is 13.6 Å². The van der Waals surface area contributed by atoms with Gasteiger partial charge in [0.2, 0.25) is 0 Å². The maximum atomic E-state index is 13.3. The second-order valence-corrected chi connectivity index (χ2v) is 5.50. The number of nitrogens with one attached hydrogen (secondary N) is 2. The van der Waals surface area contributed by atoms with Crippen molar-refractivity contribution in [1.29, 1.82) is 0 Å². The highest BCUT2D eigenvalue weighted by Crippen LogP contribution is 2.19. The zero-order valence-electron chi connectivity index (χ0n) is 13.0. The van der Waals surface area contributed by atoms with Crippen LogP contribution in [0.2, 0.25) is 0 Å². The molecule has 120 valence electrons. The summed E-state index contributed by atoms with van der Waals surface area (Å²) >= 11 is 0. The molecule has 0 amide bonds. The lowest BCUT2D eigenvalue weighted by Crippen LogP contribution is -2.37. The second-order valence-electron chi connectivity index (χ2n) is 5.50. The Morgan fingerprint density at radius 3 is 2.86 bits per heavy atom. The van der Waals surface area contributed by atoms with E-state index in [-0.39, 0.29) is 5.75 Å². The molecule has 0 aromatic heterocycles. The summed E-state index contributed by atoms with van der Waals surface area (Å²) in [4.78, 5) is 4.16. The molecule has 5 heteroatoms. The standard InChI is InChI=1S/C17H24FN3O/c1-19-17(20-10-9-13-5-3-2-4-6-13)21-12-14-7-8-16(22)15(18)11-14/h5,7-8,11,22H,2-4,6,9-10,12H2,1H3,(H2,19,20,21). The second kappa shape index (κ2) is 8.41. The minimum Gasteiger partial charge on any atom is -0.505 e. The smallest absolute Gasteiger partial charge is 0.191 e. The van der Waals surface area contributed by atoms with E-state index in [1.54, 1.807) is 13.1 Å². The lowest BCUT2D eigenvalue weighted by molar-refractivity contribution is 0.431. The minimum absolute atomic E-state index is 0.327. The fourth-order valence-electron chi connectivity index (χ4n) is 2.54. The molecule has 1 aliphatic rings. The number of aliphatic imine (C=N–C) groups is 1.